The minimum atomic E-state index is 0.106. The number of ether oxygens (including phenoxy) is 1. The summed E-state index contributed by atoms with van der Waals surface area (Å²) in [6, 6.07) is 11.0. The second kappa shape index (κ2) is 8.88. The van der Waals surface area contributed by atoms with Gasteiger partial charge >= 0.3 is 0 Å². The predicted molar refractivity (Wildman–Crippen MR) is 136 cm³/mol. The van der Waals surface area contributed by atoms with Crippen LogP contribution in [0.2, 0.25) is 0 Å². The van der Waals surface area contributed by atoms with Gasteiger partial charge < -0.3 is 19.9 Å². The molecule has 6 heteroatoms. The summed E-state index contributed by atoms with van der Waals surface area (Å²) >= 11 is 0. The van der Waals surface area contributed by atoms with Crippen molar-refractivity contribution in [1.82, 2.24) is 4.98 Å². The maximum atomic E-state index is 14.0. The third-order valence-electron chi connectivity index (χ3n) is 8.24. The van der Waals surface area contributed by atoms with Crippen molar-refractivity contribution in [1.29, 1.82) is 0 Å². The molecule has 0 unspecified atom stereocenters. The van der Waals surface area contributed by atoms with Crippen molar-refractivity contribution in [3.8, 4) is 0 Å². The molecule has 2 atom stereocenters. The fraction of sp³-hybridized carbons (Fsp3) is 0.571. The number of hydrogen-bond donors (Lipinski definition) is 1. The van der Waals surface area contributed by atoms with E-state index in [-0.39, 0.29) is 11.8 Å². The van der Waals surface area contributed by atoms with Crippen molar-refractivity contribution in [2.75, 3.05) is 28.3 Å². The summed E-state index contributed by atoms with van der Waals surface area (Å²) in [7, 11) is 0. The number of nitrogens with one attached hydrogen (secondary N) is 1. The molecule has 6 rings (SSSR count). The molecule has 2 saturated heterocycles. The largest absolute Gasteiger partial charge is 0.374 e. The van der Waals surface area contributed by atoms with Gasteiger partial charge in [-0.1, -0.05) is 19.9 Å². The van der Waals surface area contributed by atoms with E-state index in [1.165, 1.54) is 24.9 Å². The van der Waals surface area contributed by atoms with Crippen molar-refractivity contribution in [2.24, 2.45) is 17.8 Å². The highest BCUT2D eigenvalue weighted by Gasteiger charge is 2.40. The quantitative estimate of drug-likeness (QED) is 0.653. The Morgan fingerprint density at radius 2 is 2.06 bits per heavy atom. The number of hydrogen-bond acceptors (Lipinski definition) is 5. The van der Waals surface area contributed by atoms with Crippen LogP contribution in [0.25, 0.3) is 0 Å². The normalized spacial score (nSPS) is 27.9. The summed E-state index contributed by atoms with van der Waals surface area (Å²) in [5, 5.41) is 3.52. The first-order valence-corrected chi connectivity index (χ1v) is 13.1. The fourth-order valence-electron chi connectivity index (χ4n) is 6.53. The van der Waals surface area contributed by atoms with Gasteiger partial charge in [0.15, 0.2) is 0 Å². The van der Waals surface area contributed by atoms with E-state index in [0.29, 0.717) is 18.7 Å². The van der Waals surface area contributed by atoms with Gasteiger partial charge in [-0.25, -0.2) is 4.98 Å². The van der Waals surface area contributed by atoms with E-state index in [1.54, 1.807) is 0 Å². The summed E-state index contributed by atoms with van der Waals surface area (Å²) in [5.74, 6) is 2.72. The summed E-state index contributed by atoms with van der Waals surface area (Å²) < 4.78 is 5.82. The van der Waals surface area contributed by atoms with Crippen molar-refractivity contribution in [3.63, 3.8) is 0 Å². The molecule has 3 fully saturated rings. The first-order chi connectivity index (χ1) is 16.5. The number of benzene rings is 1. The van der Waals surface area contributed by atoms with Crippen molar-refractivity contribution in [3.05, 3.63) is 42.1 Å². The summed E-state index contributed by atoms with van der Waals surface area (Å²) in [6.45, 7) is 6.91. The van der Waals surface area contributed by atoms with E-state index in [4.69, 9.17) is 4.74 Å². The van der Waals surface area contributed by atoms with Crippen LogP contribution in [-0.2, 0) is 16.1 Å². The Hall–Kier alpha value is -2.60. The molecule has 34 heavy (non-hydrogen) atoms. The molecule has 2 aromatic rings. The molecule has 180 valence electrons. The van der Waals surface area contributed by atoms with E-state index in [1.807, 2.05) is 17.2 Å². The fourth-order valence-corrected chi connectivity index (χ4v) is 6.53. The number of amides is 1. The van der Waals surface area contributed by atoms with Crippen molar-refractivity contribution < 1.29 is 9.53 Å². The van der Waals surface area contributed by atoms with Gasteiger partial charge in [-0.15, -0.1) is 0 Å². The summed E-state index contributed by atoms with van der Waals surface area (Å²) in [4.78, 5) is 23.1. The summed E-state index contributed by atoms with van der Waals surface area (Å²) in [6.07, 6.45) is 8.88. The molecule has 1 aromatic heterocycles. The van der Waals surface area contributed by atoms with Crippen LogP contribution in [0.5, 0.6) is 0 Å². The Bertz CT molecular complexity index is 1060. The van der Waals surface area contributed by atoms with Gasteiger partial charge in [-0.05, 0) is 74.6 Å². The Kier molecular flexibility index (Phi) is 5.72. The molecule has 3 aliphatic heterocycles. The second-order valence-corrected chi connectivity index (χ2v) is 11.1. The molecule has 4 aliphatic rings. The number of carbonyl (C=O) groups is 1. The van der Waals surface area contributed by atoms with Gasteiger partial charge in [0.2, 0.25) is 5.91 Å². The molecule has 1 aliphatic carbocycles. The van der Waals surface area contributed by atoms with Crippen molar-refractivity contribution >= 4 is 28.8 Å². The smallest absolute Gasteiger partial charge is 0.230 e. The van der Waals surface area contributed by atoms with Gasteiger partial charge in [0.1, 0.15) is 5.82 Å². The molecular formula is C28H36N4O2. The predicted octanol–water partition coefficient (Wildman–Crippen LogP) is 5.50. The Morgan fingerprint density at radius 1 is 1.21 bits per heavy atom. The number of aromatic nitrogens is 1. The number of pyridine rings is 1. The van der Waals surface area contributed by atoms with Gasteiger partial charge in [0.05, 0.1) is 36.7 Å². The number of fused-ring (bicyclic) bond motifs is 4. The van der Waals surface area contributed by atoms with Gasteiger partial charge in [0.25, 0.3) is 0 Å². The zero-order valence-electron chi connectivity index (χ0n) is 20.4. The number of carbonyl (C=O) groups excluding carboxylic acids is 1. The van der Waals surface area contributed by atoms with Crippen molar-refractivity contribution in [2.45, 2.75) is 71.1 Å². The molecule has 0 radical (unpaired) electrons. The Balaban J connectivity index is 1.30. The lowest BCUT2D eigenvalue weighted by atomic mass is 9.78. The van der Waals surface area contributed by atoms with E-state index >= 15 is 0 Å². The number of anilines is 4. The van der Waals surface area contributed by atoms with Crippen LogP contribution in [0.3, 0.4) is 0 Å². The van der Waals surface area contributed by atoms with E-state index < -0.39 is 0 Å². The molecular weight excluding hydrogens is 424 g/mol. The maximum Gasteiger partial charge on any atom is 0.230 e. The lowest BCUT2D eigenvalue weighted by Gasteiger charge is -2.34. The SMILES string of the molecule is CC(C)C[C@H]1CC[C@H](C(=O)N2Cc3cccnc3Nc3ccc(N4C[C@H]5C[C@@H]4CO5)cc32)CC1. The lowest BCUT2D eigenvalue weighted by Crippen LogP contribution is -2.38. The van der Waals surface area contributed by atoms with Gasteiger partial charge in [-0.2, -0.15) is 0 Å². The zero-order chi connectivity index (χ0) is 23.2. The molecule has 1 aromatic carbocycles. The molecule has 1 saturated carbocycles. The molecule has 6 nitrogen and oxygen atoms in total. The maximum absolute atomic E-state index is 14.0. The average Bonchev–Trinajstić information content (AvgIpc) is 3.43. The molecule has 1 N–H and O–H groups in total. The monoisotopic (exact) mass is 460 g/mol. The molecule has 0 spiro atoms. The third kappa shape index (κ3) is 4.06. The second-order valence-electron chi connectivity index (χ2n) is 11.1. The zero-order valence-corrected chi connectivity index (χ0v) is 20.4. The summed E-state index contributed by atoms with van der Waals surface area (Å²) in [5.41, 5.74) is 4.20. The van der Waals surface area contributed by atoms with Gasteiger partial charge in [-0.3, -0.25) is 4.79 Å². The average molecular weight is 461 g/mol. The molecule has 2 bridgehead atoms. The minimum absolute atomic E-state index is 0.106. The third-order valence-corrected chi connectivity index (χ3v) is 8.24. The first-order valence-electron chi connectivity index (χ1n) is 13.1. The Morgan fingerprint density at radius 3 is 2.79 bits per heavy atom. The standard InChI is InChI=1S/C28H36N4O2/c1-18(2)12-19-5-7-20(8-6-19)28(33)32-15-21-4-3-11-29-27(21)30-25-10-9-22(14-26(25)32)31-16-24-13-23(31)17-34-24/h3-4,9-11,14,18-20,23-24H,5-8,12-13,15-17H2,1-2H3,(H,29,30)/t19-,20-,23-,24-/m1/s1. The van der Waals surface area contributed by atoms with Crippen LogP contribution >= 0.6 is 0 Å². The number of rotatable bonds is 4. The Labute approximate surface area is 202 Å². The lowest BCUT2D eigenvalue weighted by molar-refractivity contribution is -0.123. The number of nitrogens with zero attached hydrogens (tertiary/aromatic N) is 3. The number of morpholine rings is 1. The molecule has 4 heterocycles. The van der Waals surface area contributed by atoms with E-state index in [9.17, 15) is 4.79 Å². The first kappa shape index (κ1) is 21.9. The van der Waals surface area contributed by atoms with E-state index in [0.717, 1.165) is 67.0 Å². The van der Waals surface area contributed by atoms with Crippen LogP contribution in [-0.4, -0.2) is 36.2 Å². The highest BCUT2D eigenvalue weighted by atomic mass is 16.5. The van der Waals surface area contributed by atoms with E-state index in [2.05, 4.69) is 53.3 Å². The topological polar surface area (TPSA) is 57.7 Å². The van der Waals surface area contributed by atoms with Crippen LogP contribution in [0.1, 0.15) is 57.9 Å². The molecule has 1 amide bonds. The highest BCUT2D eigenvalue weighted by Crippen LogP contribution is 2.42. The highest BCUT2D eigenvalue weighted by molar-refractivity contribution is 6.00. The van der Waals surface area contributed by atoms with Crippen LogP contribution in [0, 0.1) is 17.8 Å². The van der Waals surface area contributed by atoms with Gasteiger partial charge in [0, 0.05) is 29.9 Å². The van der Waals surface area contributed by atoms with Crippen LogP contribution < -0.4 is 15.1 Å². The van der Waals surface area contributed by atoms with Crippen LogP contribution in [0.4, 0.5) is 22.9 Å². The minimum Gasteiger partial charge on any atom is -0.374 e. The van der Waals surface area contributed by atoms with Crippen LogP contribution in [0.15, 0.2) is 36.5 Å².